The molecule has 0 saturated heterocycles. The molecule has 0 aromatic heterocycles. The predicted molar refractivity (Wildman–Crippen MR) is 80.7 cm³/mol. The van der Waals surface area contributed by atoms with Gasteiger partial charge in [-0.3, -0.25) is 9.59 Å². The van der Waals surface area contributed by atoms with E-state index >= 15 is 0 Å². The van der Waals surface area contributed by atoms with Crippen molar-refractivity contribution in [3.8, 4) is 0 Å². The largest absolute Gasteiger partial charge is 1.00 e. The van der Waals surface area contributed by atoms with Crippen LogP contribution in [0.25, 0.3) is 0 Å². The smallest absolute Gasteiger partial charge is 0.550 e. The first-order chi connectivity index (χ1) is 10.7. The number of aliphatic carboxylic acids is 4. The van der Waals surface area contributed by atoms with Gasteiger partial charge in [-0.1, -0.05) is 0 Å². The Balaban J connectivity index is -0.0000000399. The summed E-state index contributed by atoms with van der Waals surface area (Å²) in [5, 5.41) is 50.9. The summed E-state index contributed by atoms with van der Waals surface area (Å²) in [6, 6.07) is 0. The van der Waals surface area contributed by atoms with Crippen molar-refractivity contribution in [2.75, 3.05) is 0 Å². The van der Waals surface area contributed by atoms with Crippen LogP contribution >= 0.6 is 0 Å². The van der Waals surface area contributed by atoms with Gasteiger partial charge in [0.05, 0.1) is 12.8 Å². The van der Waals surface area contributed by atoms with Crippen LogP contribution in [-0.4, -0.2) is 56.5 Å². The second kappa shape index (κ2) is 24.8. The zero-order valence-corrected chi connectivity index (χ0v) is 16.3. The zero-order valence-electron chi connectivity index (χ0n) is 16.7. The van der Waals surface area contributed by atoms with Gasteiger partial charge < -0.3 is 40.2 Å². The van der Waals surface area contributed by atoms with Gasteiger partial charge in [-0.2, -0.15) is 0 Å². The van der Waals surface area contributed by atoms with E-state index in [9.17, 15) is 29.4 Å². The van der Waals surface area contributed by atoms with Crippen LogP contribution < -0.4 is 10.2 Å². The molecule has 0 saturated carbocycles. The van der Waals surface area contributed by atoms with Crippen LogP contribution in [0.2, 0.25) is 0 Å². The first-order valence-electron chi connectivity index (χ1n) is 6.91. The Morgan fingerprint density at radius 3 is 0.920 bits per heavy atom. The Morgan fingerprint density at radius 1 is 0.720 bits per heavy atom. The number of carbonyl (C=O) groups is 4. The Labute approximate surface area is 164 Å². The van der Waals surface area contributed by atoms with E-state index < -0.39 is 36.7 Å². The van der Waals surface area contributed by atoms with E-state index in [1.54, 1.807) is 27.7 Å². The molecule has 0 aliphatic rings. The summed E-state index contributed by atoms with van der Waals surface area (Å²) in [5.41, 5.74) is 0. The number of carbonyl (C=O) groups excluding carboxylic acids is 2. The predicted octanol–water partition coefficient (Wildman–Crippen LogP) is -1.80. The standard InChI is InChI=1S/2C4H6O4.2C3H8O.Ti/c2*5-3(6)1-2-4(7)8;2*1-3(2)4;/h2*1-2H2,(H,5,6)(H,7,8);2*3-4H,1-2H3;. The molecule has 4 N–H and O–H groups in total. The Hall–Kier alpha value is -1.49. The fourth-order valence-electron chi connectivity index (χ4n) is 0.418. The van der Waals surface area contributed by atoms with Crippen molar-refractivity contribution in [1.82, 2.24) is 0 Å². The van der Waals surface area contributed by atoms with Crippen molar-refractivity contribution in [2.24, 2.45) is 0 Å². The molecule has 0 rings (SSSR count). The van der Waals surface area contributed by atoms with E-state index in [4.69, 9.17) is 20.4 Å². The summed E-state index contributed by atoms with van der Waals surface area (Å²) in [6.07, 6.45) is -1.87. The molecule has 11 heteroatoms. The molecule has 0 atom stereocenters. The SMILES string of the molecule is CC(C)O.CC(C)O.O=C([O-])CCC(=O)O.O=C([O-])CCC(=O)O.[H+].[H+].[Ti]. The maximum atomic E-state index is 9.61. The van der Waals surface area contributed by atoms with Crippen molar-refractivity contribution >= 4 is 23.9 Å². The second-order valence-electron chi connectivity index (χ2n) is 4.72. The van der Waals surface area contributed by atoms with E-state index in [0.717, 1.165) is 0 Å². The maximum absolute atomic E-state index is 9.61. The van der Waals surface area contributed by atoms with Gasteiger partial charge in [0.25, 0.3) is 0 Å². The van der Waals surface area contributed by atoms with Gasteiger partial charge in [0.1, 0.15) is 0 Å². The molecule has 148 valence electrons. The summed E-state index contributed by atoms with van der Waals surface area (Å²) < 4.78 is 0. The third kappa shape index (κ3) is 131. The third-order valence-electron chi connectivity index (χ3n) is 1.09. The molecular weight excluding hydrogens is 376 g/mol. The van der Waals surface area contributed by atoms with Crippen LogP contribution in [0, 0.1) is 0 Å². The van der Waals surface area contributed by atoms with Crippen LogP contribution in [0.1, 0.15) is 56.2 Å². The summed E-state index contributed by atoms with van der Waals surface area (Å²) in [5.74, 6) is -4.89. The molecule has 0 unspecified atom stereocenters. The molecule has 0 amide bonds. The van der Waals surface area contributed by atoms with Crippen LogP contribution in [0.3, 0.4) is 0 Å². The van der Waals surface area contributed by atoms with Crippen molar-refractivity contribution < 1.29 is 74.4 Å². The van der Waals surface area contributed by atoms with Crippen molar-refractivity contribution in [1.29, 1.82) is 0 Å². The van der Waals surface area contributed by atoms with Crippen LogP contribution in [-0.2, 0) is 40.9 Å². The van der Waals surface area contributed by atoms with Gasteiger partial charge >= 0.3 is 14.8 Å². The Morgan fingerprint density at radius 2 is 0.880 bits per heavy atom. The van der Waals surface area contributed by atoms with Gasteiger partial charge in [-0.05, 0) is 40.5 Å². The summed E-state index contributed by atoms with van der Waals surface area (Å²) in [4.78, 5) is 38.3. The maximum Gasteiger partial charge on any atom is 1.00 e. The minimum atomic E-state index is -1.33. The number of aliphatic hydroxyl groups is 2. The van der Waals surface area contributed by atoms with E-state index in [2.05, 4.69) is 0 Å². The second-order valence-corrected chi connectivity index (χ2v) is 4.72. The van der Waals surface area contributed by atoms with Crippen molar-refractivity contribution in [2.45, 2.75) is 65.6 Å². The topological polar surface area (TPSA) is 195 Å². The molecule has 0 spiro atoms. The van der Waals surface area contributed by atoms with Crippen molar-refractivity contribution in [3.05, 3.63) is 0 Å². The molecule has 0 radical (unpaired) electrons. The van der Waals surface area contributed by atoms with Crippen LogP contribution in [0.4, 0.5) is 0 Å². The number of aliphatic hydroxyl groups excluding tert-OH is 2. The fraction of sp³-hybridized carbons (Fsp3) is 0.714. The molecular formula is C14H28O10Ti. The summed E-state index contributed by atoms with van der Waals surface area (Å²) >= 11 is 0. The third-order valence-corrected chi connectivity index (χ3v) is 1.09. The summed E-state index contributed by atoms with van der Waals surface area (Å²) in [6.45, 7) is 6.89. The molecule has 0 aromatic carbocycles. The van der Waals surface area contributed by atoms with E-state index in [1.165, 1.54) is 0 Å². The molecule has 0 fully saturated rings. The van der Waals surface area contributed by atoms with Gasteiger partial charge in [0.15, 0.2) is 0 Å². The van der Waals surface area contributed by atoms with Crippen molar-refractivity contribution in [3.63, 3.8) is 0 Å². The molecule has 10 nitrogen and oxygen atoms in total. The molecule has 0 aromatic rings. The number of carboxylic acid groups (broad SMARTS) is 4. The molecule has 0 aliphatic heterocycles. The number of hydrogen-bond acceptors (Lipinski definition) is 8. The van der Waals surface area contributed by atoms with Gasteiger partial charge in [0, 0.05) is 45.9 Å². The van der Waals surface area contributed by atoms with Gasteiger partial charge in [-0.15, -0.1) is 0 Å². The quantitative estimate of drug-likeness (QED) is 0.367. The molecule has 0 aliphatic carbocycles. The van der Waals surface area contributed by atoms with Gasteiger partial charge in [0.2, 0.25) is 0 Å². The van der Waals surface area contributed by atoms with E-state index in [0.29, 0.717) is 0 Å². The Bertz CT molecular complexity index is 298. The average Bonchev–Trinajstić information content (AvgIpc) is 2.33. The fourth-order valence-corrected chi connectivity index (χ4v) is 0.418. The normalized spacial score (nSPS) is 8.32. The monoisotopic (exact) mass is 404 g/mol. The average molecular weight is 404 g/mol. The number of rotatable bonds is 6. The Kier molecular flexibility index (Phi) is 34.4. The number of carboxylic acids is 4. The van der Waals surface area contributed by atoms with E-state index in [-0.39, 0.29) is 49.6 Å². The van der Waals surface area contributed by atoms with Crippen LogP contribution in [0.5, 0.6) is 0 Å². The minimum Gasteiger partial charge on any atom is -0.550 e. The van der Waals surface area contributed by atoms with Gasteiger partial charge in [-0.25, -0.2) is 0 Å². The first kappa shape index (κ1) is 34.8. The van der Waals surface area contributed by atoms with E-state index in [1.807, 2.05) is 0 Å². The number of hydrogen-bond donors (Lipinski definition) is 4. The summed E-state index contributed by atoms with van der Waals surface area (Å²) in [7, 11) is 0. The molecule has 25 heavy (non-hydrogen) atoms. The van der Waals surface area contributed by atoms with Crippen LogP contribution in [0.15, 0.2) is 0 Å². The zero-order chi connectivity index (χ0) is 20.3. The molecule has 0 bridgehead atoms. The minimum absolute atomic E-state index is 0. The molecule has 0 heterocycles. The first-order valence-corrected chi connectivity index (χ1v) is 6.91.